The first kappa shape index (κ1) is 24.2. The largest absolute Gasteiger partial charge is 0.497 e. The first-order chi connectivity index (χ1) is 16.9. The normalized spacial score (nSPS) is 11.0. The zero-order valence-electron chi connectivity index (χ0n) is 18.6. The van der Waals surface area contributed by atoms with Crippen molar-refractivity contribution in [2.24, 2.45) is 0 Å². The SMILES string of the molecule is COc1ccc(Cn2c(SCC(=O)Nc3ccc(OC(F)F)cc3)nc3ccccc3c2=O)cc1. The molecule has 0 saturated heterocycles. The van der Waals surface area contributed by atoms with Crippen LogP contribution in [-0.2, 0) is 11.3 Å². The number of carbonyl (C=O) groups excluding carboxylic acids is 1. The van der Waals surface area contributed by atoms with E-state index in [-0.39, 0.29) is 29.5 Å². The highest BCUT2D eigenvalue weighted by molar-refractivity contribution is 7.99. The molecule has 7 nitrogen and oxygen atoms in total. The first-order valence-corrected chi connectivity index (χ1v) is 11.5. The van der Waals surface area contributed by atoms with Crippen LogP contribution < -0.4 is 20.3 Å². The van der Waals surface area contributed by atoms with Gasteiger partial charge in [-0.25, -0.2) is 4.98 Å². The van der Waals surface area contributed by atoms with Gasteiger partial charge in [-0.2, -0.15) is 8.78 Å². The third-order valence-corrected chi connectivity index (χ3v) is 6.00. The quantitative estimate of drug-likeness (QED) is 0.265. The molecule has 1 N–H and O–H groups in total. The summed E-state index contributed by atoms with van der Waals surface area (Å²) in [6.07, 6.45) is 0. The maximum absolute atomic E-state index is 13.2. The average Bonchev–Trinajstić information content (AvgIpc) is 2.86. The second-order valence-electron chi connectivity index (χ2n) is 7.39. The Morgan fingerprint density at radius 1 is 1.03 bits per heavy atom. The number of carbonyl (C=O) groups is 1. The van der Waals surface area contributed by atoms with E-state index >= 15 is 0 Å². The molecule has 0 aliphatic carbocycles. The van der Waals surface area contributed by atoms with E-state index in [4.69, 9.17) is 4.74 Å². The molecule has 0 atom stereocenters. The monoisotopic (exact) mass is 497 g/mol. The number of amides is 1. The lowest BCUT2D eigenvalue weighted by molar-refractivity contribution is -0.113. The van der Waals surface area contributed by atoms with Crippen LogP contribution in [0.4, 0.5) is 14.5 Å². The van der Waals surface area contributed by atoms with Gasteiger partial charge in [-0.15, -0.1) is 0 Å². The number of alkyl halides is 2. The Kier molecular flexibility index (Phi) is 7.61. The van der Waals surface area contributed by atoms with Crippen LogP contribution in [0.15, 0.2) is 82.7 Å². The number of para-hydroxylation sites is 1. The summed E-state index contributed by atoms with van der Waals surface area (Å²) in [6, 6.07) is 20.0. The summed E-state index contributed by atoms with van der Waals surface area (Å²) < 4.78 is 35.6. The fraction of sp³-hybridized carbons (Fsp3) is 0.160. The van der Waals surface area contributed by atoms with E-state index in [1.165, 1.54) is 24.3 Å². The summed E-state index contributed by atoms with van der Waals surface area (Å²) in [7, 11) is 1.58. The van der Waals surface area contributed by atoms with E-state index in [0.717, 1.165) is 17.3 Å². The minimum atomic E-state index is -2.92. The molecule has 0 unspecified atom stereocenters. The molecule has 35 heavy (non-hydrogen) atoms. The molecule has 0 saturated carbocycles. The number of nitrogens with zero attached hydrogens (tertiary/aromatic N) is 2. The lowest BCUT2D eigenvalue weighted by Gasteiger charge is -2.14. The summed E-state index contributed by atoms with van der Waals surface area (Å²) in [5.41, 5.74) is 1.65. The van der Waals surface area contributed by atoms with E-state index in [2.05, 4.69) is 15.0 Å². The number of benzene rings is 3. The molecule has 4 aromatic rings. The lowest BCUT2D eigenvalue weighted by atomic mass is 10.2. The molecule has 10 heteroatoms. The Hall–Kier alpha value is -3.92. The van der Waals surface area contributed by atoms with Crippen molar-refractivity contribution >= 4 is 34.3 Å². The second-order valence-corrected chi connectivity index (χ2v) is 8.33. The fourth-order valence-corrected chi connectivity index (χ4v) is 4.16. The van der Waals surface area contributed by atoms with Crippen LogP contribution in [0.1, 0.15) is 5.56 Å². The van der Waals surface area contributed by atoms with Crippen LogP contribution in [0.25, 0.3) is 10.9 Å². The average molecular weight is 498 g/mol. The molecule has 0 fully saturated rings. The smallest absolute Gasteiger partial charge is 0.387 e. The summed E-state index contributed by atoms with van der Waals surface area (Å²) in [4.78, 5) is 30.4. The van der Waals surface area contributed by atoms with Gasteiger partial charge < -0.3 is 14.8 Å². The van der Waals surface area contributed by atoms with Crippen molar-refractivity contribution in [3.63, 3.8) is 0 Å². The number of halogens is 2. The zero-order valence-corrected chi connectivity index (χ0v) is 19.4. The van der Waals surface area contributed by atoms with Crippen LogP contribution in [-0.4, -0.2) is 34.9 Å². The topological polar surface area (TPSA) is 82.4 Å². The fourth-order valence-electron chi connectivity index (χ4n) is 3.36. The van der Waals surface area contributed by atoms with Gasteiger partial charge in [-0.05, 0) is 54.1 Å². The molecule has 3 aromatic carbocycles. The van der Waals surface area contributed by atoms with Crippen molar-refractivity contribution in [3.05, 3.63) is 88.7 Å². The number of nitrogens with one attached hydrogen (secondary N) is 1. The van der Waals surface area contributed by atoms with Gasteiger partial charge in [-0.3, -0.25) is 14.2 Å². The number of aromatic nitrogens is 2. The van der Waals surface area contributed by atoms with Crippen molar-refractivity contribution in [3.8, 4) is 11.5 Å². The third kappa shape index (κ3) is 6.15. The van der Waals surface area contributed by atoms with Gasteiger partial charge in [0.2, 0.25) is 5.91 Å². The molecule has 1 amide bonds. The first-order valence-electron chi connectivity index (χ1n) is 10.5. The summed E-state index contributed by atoms with van der Waals surface area (Å²) in [5.74, 6) is 0.354. The molecule has 0 spiro atoms. The Bertz CT molecular complexity index is 1380. The predicted octanol–water partition coefficient (Wildman–Crippen LogP) is 4.79. The molecule has 0 aliphatic rings. The number of methoxy groups -OCH3 is 1. The number of thioether (sulfide) groups is 1. The van der Waals surface area contributed by atoms with Crippen molar-refractivity contribution in [2.45, 2.75) is 18.3 Å². The van der Waals surface area contributed by atoms with Crippen molar-refractivity contribution in [1.82, 2.24) is 9.55 Å². The van der Waals surface area contributed by atoms with Crippen molar-refractivity contribution in [2.75, 3.05) is 18.2 Å². The van der Waals surface area contributed by atoms with Crippen LogP contribution in [0.5, 0.6) is 11.5 Å². The molecular weight excluding hydrogens is 476 g/mol. The molecule has 1 heterocycles. The van der Waals surface area contributed by atoms with E-state index < -0.39 is 6.61 Å². The number of hydrogen-bond donors (Lipinski definition) is 1. The Labute approximate surface area is 203 Å². The highest BCUT2D eigenvalue weighted by Crippen LogP contribution is 2.21. The second kappa shape index (κ2) is 11.0. The number of rotatable bonds is 9. The van der Waals surface area contributed by atoms with Gasteiger partial charge >= 0.3 is 6.61 Å². The third-order valence-electron chi connectivity index (χ3n) is 5.02. The van der Waals surface area contributed by atoms with Crippen LogP contribution in [0.2, 0.25) is 0 Å². The molecule has 0 bridgehead atoms. The number of hydrogen-bond acceptors (Lipinski definition) is 6. The molecule has 0 radical (unpaired) electrons. The van der Waals surface area contributed by atoms with Crippen molar-refractivity contribution < 1.29 is 23.0 Å². The maximum atomic E-state index is 13.2. The van der Waals surface area contributed by atoms with E-state index in [1.54, 1.807) is 35.9 Å². The predicted molar refractivity (Wildman–Crippen MR) is 131 cm³/mol. The Balaban J connectivity index is 1.52. The van der Waals surface area contributed by atoms with Gasteiger partial charge in [0.1, 0.15) is 11.5 Å². The van der Waals surface area contributed by atoms with Crippen LogP contribution in [0, 0.1) is 0 Å². The van der Waals surface area contributed by atoms with Gasteiger partial charge in [0.15, 0.2) is 5.16 Å². The van der Waals surface area contributed by atoms with Gasteiger partial charge in [-0.1, -0.05) is 36.0 Å². The molecule has 4 rings (SSSR count). The van der Waals surface area contributed by atoms with E-state index in [9.17, 15) is 18.4 Å². The van der Waals surface area contributed by atoms with Gasteiger partial charge in [0, 0.05) is 5.69 Å². The lowest BCUT2D eigenvalue weighted by Crippen LogP contribution is -2.24. The Morgan fingerprint density at radius 3 is 2.40 bits per heavy atom. The molecule has 0 aliphatic heterocycles. The van der Waals surface area contributed by atoms with E-state index in [1.807, 2.05) is 24.3 Å². The van der Waals surface area contributed by atoms with Gasteiger partial charge in [0.05, 0.1) is 30.3 Å². The minimum absolute atomic E-state index is 0.00436. The summed E-state index contributed by atoms with van der Waals surface area (Å²) in [5, 5.41) is 3.58. The van der Waals surface area contributed by atoms with Crippen LogP contribution >= 0.6 is 11.8 Å². The molecular formula is C25H21F2N3O4S. The highest BCUT2D eigenvalue weighted by Gasteiger charge is 2.14. The number of fused-ring (bicyclic) bond motifs is 1. The molecule has 180 valence electrons. The van der Waals surface area contributed by atoms with Crippen LogP contribution in [0.3, 0.4) is 0 Å². The summed E-state index contributed by atoms with van der Waals surface area (Å²) in [6.45, 7) is -2.65. The van der Waals surface area contributed by atoms with Gasteiger partial charge in [0.25, 0.3) is 5.56 Å². The minimum Gasteiger partial charge on any atom is -0.497 e. The van der Waals surface area contributed by atoms with Crippen molar-refractivity contribution in [1.29, 1.82) is 0 Å². The van der Waals surface area contributed by atoms with E-state index in [0.29, 0.717) is 27.5 Å². The summed E-state index contributed by atoms with van der Waals surface area (Å²) >= 11 is 1.13. The number of anilines is 1. The number of ether oxygens (including phenoxy) is 2. The highest BCUT2D eigenvalue weighted by atomic mass is 32.2. The maximum Gasteiger partial charge on any atom is 0.387 e. The molecule has 1 aromatic heterocycles. The standard InChI is InChI=1S/C25H21F2N3O4S/c1-33-18-10-6-16(7-11-18)14-30-23(32)20-4-2-3-5-21(20)29-25(30)35-15-22(31)28-17-8-12-19(13-9-17)34-24(26)27/h2-13,24H,14-15H2,1H3,(H,28,31). The Morgan fingerprint density at radius 2 is 1.71 bits per heavy atom. The zero-order chi connectivity index (χ0) is 24.8.